The number of rotatable bonds is 45. The Labute approximate surface area is 381 Å². The van der Waals surface area contributed by atoms with E-state index in [1.54, 1.807) is 0 Å². The molecule has 1 N–H and O–H groups in total. The number of aliphatic hydroxyl groups is 1. The number of hydrogen-bond donors (Lipinski definition) is 1. The number of ether oxygens (including phenoxy) is 2. The smallest absolute Gasteiger partial charge is 0.389 e. The summed E-state index contributed by atoms with van der Waals surface area (Å²) in [4.78, 5) is 27.9. The maximum absolute atomic E-state index is 12.7. The molecule has 0 heterocycles. The molecule has 0 saturated carbocycles. The van der Waals surface area contributed by atoms with Crippen LogP contribution in [0.4, 0.5) is 39.5 Å². The third-order valence-corrected chi connectivity index (χ3v) is 11.8. The molecule has 0 aromatic heterocycles. The van der Waals surface area contributed by atoms with E-state index >= 15 is 0 Å². The Hall–Kier alpha value is -1.77. The molecular formula is C49H88F9NO5. The molecule has 15 heteroatoms. The first kappa shape index (κ1) is 62.2. The Morgan fingerprint density at radius 1 is 0.406 bits per heavy atom. The topological polar surface area (TPSA) is 76.1 Å². The van der Waals surface area contributed by atoms with Crippen LogP contribution in [0.15, 0.2) is 0 Å². The number of unbranched alkanes of at least 4 members (excludes halogenated alkanes) is 21. The predicted octanol–water partition coefficient (Wildman–Crippen LogP) is 16.2. The minimum atomic E-state index is -4.20. The first-order valence-electron chi connectivity index (χ1n) is 25.4. The lowest BCUT2D eigenvalue weighted by molar-refractivity contribution is -0.151. The normalized spacial score (nSPS) is 13.4. The molecule has 0 aromatic rings. The van der Waals surface area contributed by atoms with E-state index in [0.29, 0.717) is 70.6 Å². The van der Waals surface area contributed by atoms with Crippen LogP contribution in [0.25, 0.3) is 0 Å². The van der Waals surface area contributed by atoms with Crippen molar-refractivity contribution >= 4 is 11.9 Å². The van der Waals surface area contributed by atoms with Crippen molar-refractivity contribution in [3.05, 3.63) is 0 Å². The molecule has 2 atom stereocenters. The zero-order chi connectivity index (χ0) is 47.8. The van der Waals surface area contributed by atoms with Gasteiger partial charge in [0, 0.05) is 38.7 Å². The molecule has 0 aliphatic carbocycles. The highest BCUT2D eigenvalue weighted by Crippen LogP contribution is 2.26. The number of esters is 2. The summed E-state index contributed by atoms with van der Waals surface area (Å²) in [6.07, 6.45) is 8.78. The summed E-state index contributed by atoms with van der Waals surface area (Å²) in [5.41, 5.74) is 0. The van der Waals surface area contributed by atoms with E-state index in [1.165, 1.54) is 0 Å². The van der Waals surface area contributed by atoms with Crippen molar-refractivity contribution in [2.75, 3.05) is 26.2 Å². The monoisotopic (exact) mass is 942 g/mol. The summed E-state index contributed by atoms with van der Waals surface area (Å²) in [5.74, 6) is -0.489. The Kier molecular flexibility index (Phi) is 39.2. The maximum Gasteiger partial charge on any atom is 0.389 e. The molecule has 0 fully saturated rings. The van der Waals surface area contributed by atoms with Crippen molar-refractivity contribution in [1.29, 1.82) is 0 Å². The Bertz CT molecular complexity index is 1070. The lowest BCUT2D eigenvalue weighted by Crippen LogP contribution is -2.27. The van der Waals surface area contributed by atoms with Crippen molar-refractivity contribution in [1.82, 2.24) is 4.90 Å². The van der Waals surface area contributed by atoms with E-state index in [0.717, 1.165) is 142 Å². The van der Waals surface area contributed by atoms with Gasteiger partial charge in [0.15, 0.2) is 0 Å². The Morgan fingerprint density at radius 3 is 1.03 bits per heavy atom. The number of aliphatic hydroxyl groups excluding tert-OH is 1. The Balaban J connectivity index is 4.61. The van der Waals surface area contributed by atoms with E-state index in [1.807, 2.05) is 0 Å². The average Bonchev–Trinajstić information content (AvgIpc) is 3.20. The third kappa shape index (κ3) is 46.7. The maximum atomic E-state index is 12.7. The first-order valence-corrected chi connectivity index (χ1v) is 25.4. The van der Waals surface area contributed by atoms with Crippen molar-refractivity contribution in [2.45, 2.75) is 275 Å². The van der Waals surface area contributed by atoms with Gasteiger partial charge in [0.1, 0.15) is 12.2 Å². The lowest BCUT2D eigenvalue weighted by Gasteiger charge is -2.22. The number of alkyl halides is 9. The second-order valence-corrected chi connectivity index (χ2v) is 18.1. The molecule has 0 radical (unpaired) electrons. The van der Waals surface area contributed by atoms with Gasteiger partial charge in [-0.25, -0.2) is 0 Å². The fourth-order valence-electron chi connectivity index (χ4n) is 8.02. The number of halogens is 9. The number of hydrogen-bond acceptors (Lipinski definition) is 6. The molecule has 2 unspecified atom stereocenters. The highest BCUT2D eigenvalue weighted by Gasteiger charge is 2.27. The average molecular weight is 942 g/mol. The van der Waals surface area contributed by atoms with Crippen LogP contribution in [-0.4, -0.2) is 78.9 Å². The van der Waals surface area contributed by atoms with Gasteiger partial charge in [-0.3, -0.25) is 9.59 Å². The van der Waals surface area contributed by atoms with E-state index < -0.39 is 43.9 Å². The van der Waals surface area contributed by atoms with Crippen molar-refractivity contribution in [3.8, 4) is 0 Å². The summed E-state index contributed by atoms with van der Waals surface area (Å²) in [7, 11) is 0. The molecule has 0 rings (SSSR count). The van der Waals surface area contributed by atoms with Gasteiger partial charge in [-0.15, -0.1) is 0 Å². The Morgan fingerprint density at radius 2 is 0.688 bits per heavy atom. The van der Waals surface area contributed by atoms with Gasteiger partial charge in [-0.05, 0) is 135 Å². The number of nitrogens with zero attached hydrogens (tertiary/aromatic N) is 1. The molecule has 0 aliphatic rings. The van der Waals surface area contributed by atoms with E-state index in [-0.39, 0.29) is 50.3 Å². The van der Waals surface area contributed by atoms with Gasteiger partial charge in [0.25, 0.3) is 0 Å². The van der Waals surface area contributed by atoms with Gasteiger partial charge in [-0.2, -0.15) is 39.5 Å². The van der Waals surface area contributed by atoms with Crippen molar-refractivity contribution in [3.63, 3.8) is 0 Å². The van der Waals surface area contributed by atoms with E-state index in [4.69, 9.17) is 9.47 Å². The molecular weight excluding hydrogens is 854 g/mol. The summed E-state index contributed by atoms with van der Waals surface area (Å²) < 4.78 is 124. The molecule has 0 aliphatic heterocycles. The highest BCUT2D eigenvalue weighted by molar-refractivity contribution is 5.69. The fraction of sp³-hybridized carbons (Fsp3) is 0.959. The minimum Gasteiger partial charge on any atom is -0.462 e. The van der Waals surface area contributed by atoms with Crippen LogP contribution in [0, 0.1) is 0 Å². The number of carbonyl (C=O) groups excluding carboxylic acids is 2. The number of carbonyl (C=O) groups is 2. The van der Waals surface area contributed by atoms with Crippen LogP contribution in [0.2, 0.25) is 0 Å². The van der Waals surface area contributed by atoms with Gasteiger partial charge in [0.05, 0.1) is 0 Å². The summed E-state index contributed by atoms with van der Waals surface area (Å²) in [6.45, 7) is 5.13. The molecule has 6 nitrogen and oxygen atoms in total. The molecule has 64 heavy (non-hydrogen) atoms. The highest BCUT2D eigenvalue weighted by atomic mass is 19.4. The molecule has 0 spiro atoms. The van der Waals surface area contributed by atoms with Crippen molar-refractivity contribution < 1.29 is 63.7 Å². The van der Waals surface area contributed by atoms with Crippen LogP contribution in [0.5, 0.6) is 0 Å². The van der Waals surface area contributed by atoms with Crippen LogP contribution in [0.1, 0.15) is 244 Å². The zero-order valence-electron chi connectivity index (χ0n) is 39.6. The molecule has 382 valence electrons. The molecule has 0 amide bonds. The zero-order valence-corrected chi connectivity index (χ0v) is 39.6. The summed E-state index contributed by atoms with van der Waals surface area (Å²) >= 11 is 0. The van der Waals surface area contributed by atoms with Crippen molar-refractivity contribution in [2.24, 2.45) is 0 Å². The van der Waals surface area contributed by atoms with Gasteiger partial charge in [-0.1, -0.05) is 96.8 Å². The molecule has 0 bridgehead atoms. The largest absolute Gasteiger partial charge is 0.462 e. The van der Waals surface area contributed by atoms with Crippen LogP contribution in [0.3, 0.4) is 0 Å². The second-order valence-electron chi connectivity index (χ2n) is 18.1. The predicted molar refractivity (Wildman–Crippen MR) is 238 cm³/mol. The fourth-order valence-corrected chi connectivity index (χ4v) is 8.02. The van der Waals surface area contributed by atoms with Crippen LogP contribution in [-0.2, 0) is 19.1 Å². The van der Waals surface area contributed by atoms with E-state index in [2.05, 4.69) is 11.8 Å². The van der Waals surface area contributed by atoms with Crippen LogP contribution >= 0.6 is 0 Å². The van der Waals surface area contributed by atoms with E-state index in [9.17, 15) is 54.2 Å². The SMILES string of the molecule is CCCCCCC(CCCCCCCC(F)(F)F)OC(=O)CCCCCCN(CCCCCO)CCCCCCC(=O)OC(CCCCCCCC(F)(F)F)CCCCCC(F)(F)F. The van der Waals surface area contributed by atoms with Gasteiger partial charge < -0.3 is 19.5 Å². The summed E-state index contributed by atoms with van der Waals surface area (Å²) in [6, 6.07) is 0. The quantitative estimate of drug-likeness (QED) is 0.0372. The van der Waals surface area contributed by atoms with Gasteiger partial charge >= 0.3 is 30.5 Å². The van der Waals surface area contributed by atoms with Gasteiger partial charge in [0.2, 0.25) is 0 Å². The first-order chi connectivity index (χ1) is 30.4. The second kappa shape index (κ2) is 40.3. The van der Waals surface area contributed by atoms with Crippen LogP contribution < -0.4 is 0 Å². The molecule has 0 saturated heterocycles. The minimum absolute atomic E-state index is 0.0241. The molecule has 0 aromatic carbocycles. The lowest BCUT2D eigenvalue weighted by atomic mass is 10.0. The standard InChI is InChI=1S/C49H88F9NO5/c1-2-3-4-17-30-43(31-18-7-5-11-23-36-47(50,51)52)63-45(61)34-21-9-13-26-39-59(41-28-16-29-42-60)40-27-14-10-22-35-46(62)64-44(33-20-15-25-38-49(56,57)58)32-19-8-6-12-24-37-48(53,54)55/h43-44,60H,2-42H2,1H3. The third-order valence-electron chi connectivity index (χ3n) is 11.8. The summed E-state index contributed by atoms with van der Waals surface area (Å²) in [5, 5.41) is 9.21.